The van der Waals surface area contributed by atoms with Crippen LogP contribution in [0, 0.1) is 5.92 Å². The third kappa shape index (κ3) is 8.88. The molecule has 0 aliphatic carbocycles. The topological polar surface area (TPSA) is 58.1 Å². The molecule has 0 bridgehead atoms. The lowest BCUT2D eigenvalue weighted by atomic mass is 9.94. The van der Waals surface area contributed by atoms with Crippen molar-refractivity contribution in [1.29, 1.82) is 0 Å². The maximum absolute atomic E-state index is 5.77. The average Bonchev–Trinajstić information content (AvgIpc) is 2.71. The first-order valence-corrected chi connectivity index (χ1v) is 11.2. The van der Waals surface area contributed by atoms with Gasteiger partial charge in [-0.1, -0.05) is 6.07 Å². The number of halogens is 1. The zero-order chi connectivity index (χ0) is 21.1. The van der Waals surface area contributed by atoms with Gasteiger partial charge >= 0.3 is 0 Å². The maximum Gasteiger partial charge on any atom is 0.191 e. The molecule has 172 valence electrons. The van der Waals surface area contributed by atoms with Gasteiger partial charge in [0, 0.05) is 13.1 Å². The van der Waals surface area contributed by atoms with E-state index >= 15 is 0 Å². The van der Waals surface area contributed by atoms with Gasteiger partial charge in [0.05, 0.1) is 19.3 Å². The molecule has 1 atom stereocenters. The van der Waals surface area contributed by atoms with Crippen molar-refractivity contribution in [3.8, 4) is 11.5 Å². The standard InChI is InChI=1S/C23H40N4O2.HI/c1-6-24-23(25-14-11-19-12-15-27(5)16-13-19)26-18(4)20-9-10-21(28-7-2)22(17-20)29-8-3;/h9-10,17-19H,6-8,11-16H2,1-5H3,(H2,24,25,26);1H. The van der Waals surface area contributed by atoms with E-state index in [9.17, 15) is 0 Å². The van der Waals surface area contributed by atoms with Crippen LogP contribution >= 0.6 is 24.0 Å². The van der Waals surface area contributed by atoms with Crippen LogP contribution in [0.1, 0.15) is 58.6 Å². The molecule has 1 fully saturated rings. The predicted octanol–water partition coefficient (Wildman–Crippen LogP) is 4.45. The summed E-state index contributed by atoms with van der Waals surface area (Å²) in [5.41, 5.74) is 1.15. The second-order valence-corrected chi connectivity index (χ2v) is 7.73. The lowest BCUT2D eigenvalue weighted by Crippen LogP contribution is -2.39. The Morgan fingerprint density at radius 3 is 2.43 bits per heavy atom. The lowest BCUT2D eigenvalue weighted by Gasteiger charge is -2.28. The highest BCUT2D eigenvalue weighted by Gasteiger charge is 2.16. The Morgan fingerprint density at radius 2 is 1.80 bits per heavy atom. The van der Waals surface area contributed by atoms with Crippen LogP contribution in [0.25, 0.3) is 0 Å². The minimum absolute atomic E-state index is 0. The summed E-state index contributed by atoms with van der Waals surface area (Å²) in [6.45, 7) is 13.6. The summed E-state index contributed by atoms with van der Waals surface area (Å²) in [5.74, 6) is 3.27. The van der Waals surface area contributed by atoms with Crippen LogP contribution in [0.4, 0.5) is 0 Å². The minimum atomic E-state index is 0. The molecule has 0 saturated carbocycles. The molecule has 0 radical (unpaired) electrons. The quantitative estimate of drug-likeness (QED) is 0.265. The summed E-state index contributed by atoms with van der Waals surface area (Å²) >= 11 is 0. The Kier molecular flexibility index (Phi) is 13.2. The van der Waals surface area contributed by atoms with Gasteiger partial charge in [0.15, 0.2) is 17.5 Å². The largest absolute Gasteiger partial charge is 0.490 e. The van der Waals surface area contributed by atoms with Crippen molar-refractivity contribution in [3.05, 3.63) is 23.8 Å². The highest BCUT2D eigenvalue weighted by atomic mass is 127. The van der Waals surface area contributed by atoms with Crippen LogP contribution in [-0.4, -0.2) is 57.3 Å². The van der Waals surface area contributed by atoms with Crippen LogP contribution in [0.2, 0.25) is 0 Å². The first-order valence-electron chi connectivity index (χ1n) is 11.2. The second-order valence-electron chi connectivity index (χ2n) is 7.73. The summed E-state index contributed by atoms with van der Waals surface area (Å²) in [7, 11) is 2.21. The molecule has 1 saturated heterocycles. The van der Waals surface area contributed by atoms with Crippen molar-refractivity contribution in [3.63, 3.8) is 0 Å². The number of hydrogen-bond acceptors (Lipinski definition) is 4. The predicted molar refractivity (Wildman–Crippen MR) is 137 cm³/mol. The van der Waals surface area contributed by atoms with Crippen molar-refractivity contribution in [2.75, 3.05) is 46.4 Å². The fourth-order valence-corrected chi connectivity index (χ4v) is 3.66. The van der Waals surface area contributed by atoms with Crippen molar-refractivity contribution >= 4 is 29.9 Å². The Balaban J connectivity index is 0.00000450. The van der Waals surface area contributed by atoms with Crippen LogP contribution < -0.4 is 20.1 Å². The number of rotatable bonds is 10. The first-order chi connectivity index (χ1) is 14.1. The van der Waals surface area contributed by atoms with E-state index in [1.165, 1.54) is 25.9 Å². The summed E-state index contributed by atoms with van der Waals surface area (Å²) in [4.78, 5) is 7.24. The number of hydrogen-bond donors (Lipinski definition) is 2. The minimum Gasteiger partial charge on any atom is -0.490 e. The number of likely N-dealkylation sites (tertiary alicyclic amines) is 1. The van der Waals surface area contributed by atoms with Crippen molar-refractivity contribution in [1.82, 2.24) is 15.5 Å². The lowest BCUT2D eigenvalue weighted by molar-refractivity contribution is 0.214. The molecule has 1 aromatic rings. The van der Waals surface area contributed by atoms with Crippen LogP contribution in [0.5, 0.6) is 11.5 Å². The van der Waals surface area contributed by atoms with E-state index in [-0.39, 0.29) is 30.0 Å². The first kappa shape index (κ1) is 26.8. The van der Waals surface area contributed by atoms with Crippen LogP contribution in [0.15, 0.2) is 23.2 Å². The Labute approximate surface area is 200 Å². The summed E-state index contributed by atoms with van der Waals surface area (Å²) in [5, 5.41) is 6.91. The SMILES string of the molecule is CCNC(=NCCC1CCN(C)CC1)NC(C)c1ccc(OCC)c(OCC)c1.I. The Hall–Kier alpha value is -1.22. The number of benzene rings is 1. The highest BCUT2D eigenvalue weighted by molar-refractivity contribution is 14.0. The molecule has 2 N–H and O–H groups in total. The van der Waals surface area contributed by atoms with Crippen molar-refractivity contribution < 1.29 is 9.47 Å². The normalized spacial score (nSPS) is 16.5. The summed E-state index contributed by atoms with van der Waals surface area (Å²) in [6.07, 6.45) is 3.74. The molecule has 1 aliphatic heterocycles. The molecule has 0 amide bonds. The number of piperidine rings is 1. The van der Waals surface area contributed by atoms with E-state index in [4.69, 9.17) is 14.5 Å². The molecule has 1 aliphatic rings. The van der Waals surface area contributed by atoms with Gasteiger partial charge in [0.25, 0.3) is 0 Å². The van der Waals surface area contributed by atoms with E-state index in [0.717, 1.165) is 48.5 Å². The van der Waals surface area contributed by atoms with Gasteiger partial charge in [-0.25, -0.2) is 0 Å². The Bertz CT molecular complexity index is 634. The van der Waals surface area contributed by atoms with E-state index < -0.39 is 0 Å². The van der Waals surface area contributed by atoms with Crippen LogP contribution in [-0.2, 0) is 0 Å². The molecular formula is C23H41IN4O2. The molecule has 0 spiro atoms. The molecule has 2 rings (SSSR count). The summed E-state index contributed by atoms with van der Waals surface area (Å²) in [6, 6.07) is 6.26. The molecule has 6 nitrogen and oxygen atoms in total. The van der Waals surface area contributed by atoms with Gasteiger partial charge in [-0.05, 0) is 90.7 Å². The molecule has 7 heteroatoms. The van der Waals surface area contributed by atoms with Gasteiger partial charge in [0.2, 0.25) is 0 Å². The zero-order valence-electron chi connectivity index (χ0n) is 19.4. The maximum atomic E-state index is 5.77. The average molecular weight is 533 g/mol. The number of guanidine groups is 1. The molecule has 1 heterocycles. The number of aliphatic imine (C=N–C) groups is 1. The monoisotopic (exact) mass is 532 g/mol. The van der Waals surface area contributed by atoms with E-state index in [0.29, 0.717) is 13.2 Å². The van der Waals surface area contributed by atoms with Crippen molar-refractivity contribution in [2.45, 2.75) is 53.0 Å². The molecule has 1 aromatic carbocycles. The van der Waals surface area contributed by atoms with E-state index in [1.54, 1.807) is 0 Å². The third-order valence-electron chi connectivity index (χ3n) is 5.41. The molecule has 1 unspecified atom stereocenters. The van der Waals surface area contributed by atoms with Gasteiger partial charge in [-0.15, -0.1) is 24.0 Å². The van der Waals surface area contributed by atoms with Gasteiger partial charge in [-0.3, -0.25) is 4.99 Å². The van der Waals surface area contributed by atoms with Gasteiger partial charge in [-0.2, -0.15) is 0 Å². The second kappa shape index (κ2) is 14.7. The molecular weight excluding hydrogens is 491 g/mol. The molecule has 30 heavy (non-hydrogen) atoms. The van der Waals surface area contributed by atoms with E-state index in [1.807, 2.05) is 19.9 Å². The number of ether oxygens (including phenoxy) is 2. The third-order valence-corrected chi connectivity index (χ3v) is 5.41. The van der Waals surface area contributed by atoms with Crippen molar-refractivity contribution in [2.24, 2.45) is 10.9 Å². The highest BCUT2D eigenvalue weighted by Crippen LogP contribution is 2.30. The number of nitrogens with one attached hydrogen (secondary N) is 2. The smallest absolute Gasteiger partial charge is 0.191 e. The Morgan fingerprint density at radius 1 is 1.13 bits per heavy atom. The number of nitrogens with zero attached hydrogens (tertiary/aromatic N) is 2. The van der Waals surface area contributed by atoms with Gasteiger partial charge in [0.1, 0.15) is 0 Å². The molecule has 0 aromatic heterocycles. The van der Waals surface area contributed by atoms with E-state index in [2.05, 4.69) is 48.6 Å². The van der Waals surface area contributed by atoms with Gasteiger partial charge < -0.3 is 25.0 Å². The van der Waals surface area contributed by atoms with Crippen LogP contribution in [0.3, 0.4) is 0 Å². The summed E-state index contributed by atoms with van der Waals surface area (Å²) < 4.78 is 11.4. The fraction of sp³-hybridized carbons (Fsp3) is 0.696. The fourth-order valence-electron chi connectivity index (χ4n) is 3.66. The zero-order valence-corrected chi connectivity index (χ0v) is 21.7.